The molecule has 0 radical (unpaired) electrons. The molecular formula is C21H33ClO2. The van der Waals surface area contributed by atoms with Crippen molar-refractivity contribution in [1.82, 2.24) is 0 Å². The van der Waals surface area contributed by atoms with Crippen LogP contribution in [0.4, 0.5) is 0 Å². The molecule has 0 bridgehead atoms. The van der Waals surface area contributed by atoms with Gasteiger partial charge < -0.3 is 4.74 Å². The molecule has 0 fully saturated rings. The molecule has 2 nitrogen and oxygen atoms in total. The first-order valence-electron chi connectivity index (χ1n) is 9.62. The van der Waals surface area contributed by atoms with Gasteiger partial charge in [-0.1, -0.05) is 94.9 Å². The van der Waals surface area contributed by atoms with Crippen LogP contribution in [0.3, 0.4) is 0 Å². The highest BCUT2D eigenvalue weighted by atomic mass is 35.5. The average Bonchev–Trinajstić information content (AvgIpc) is 2.58. The van der Waals surface area contributed by atoms with Crippen LogP contribution in [0.1, 0.15) is 83.1 Å². The number of halogens is 1. The van der Waals surface area contributed by atoms with Gasteiger partial charge in [0, 0.05) is 5.02 Å². The lowest BCUT2D eigenvalue weighted by atomic mass is 10.1. The molecule has 0 aliphatic heterocycles. The van der Waals surface area contributed by atoms with E-state index in [0.29, 0.717) is 18.1 Å². The number of rotatable bonds is 14. The molecule has 0 spiro atoms. The summed E-state index contributed by atoms with van der Waals surface area (Å²) in [6.45, 7) is 2.80. The predicted octanol–water partition coefficient (Wildman–Crippen LogP) is 6.74. The quantitative estimate of drug-likeness (QED) is 0.274. The minimum absolute atomic E-state index is 0.149. The summed E-state index contributed by atoms with van der Waals surface area (Å²) >= 11 is 5.82. The normalized spacial score (nSPS) is 10.8. The van der Waals surface area contributed by atoms with Crippen molar-refractivity contribution in [2.24, 2.45) is 0 Å². The molecule has 136 valence electrons. The molecule has 0 saturated heterocycles. The number of carbonyl (C=O) groups is 1. The number of esters is 1. The molecule has 1 aromatic carbocycles. The van der Waals surface area contributed by atoms with Gasteiger partial charge in [0.05, 0.1) is 13.0 Å². The fourth-order valence-corrected chi connectivity index (χ4v) is 2.90. The lowest BCUT2D eigenvalue weighted by Gasteiger charge is -2.05. The molecule has 0 amide bonds. The van der Waals surface area contributed by atoms with Crippen molar-refractivity contribution in [3.05, 3.63) is 34.9 Å². The van der Waals surface area contributed by atoms with Crippen molar-refractivity contribution in [2.45, 2.75) is 84.0 Å². The lowest BCUT2D eigenvalue weighted by molar-refractivity contribution is -0.142. The summed E-state index contributed by atoms with van der Waals surface area (Å²) in [6.07, 6.45) is 14.7. The summed E-state index contributed by atoms with van der Waals surface area (Å²) in [7, 11) is 0. The molecule has 24 heavy (non-hydrogen) atoms. The van der Waals surface area contributed by atoms with Crippen molar-refractivity contribution in [2.75, 3.05) is 6.61 Å². The molecule has 0 aromatic heterocycles. The maximum atomic E-state index is 11.7. The van der Waals surface area contributed by atoms with Gasteiger partial charge in [0.2, 0.25) is 0 Å². The van der Waals surface area contributed by atoms with E-state index < -0.39 is 0 Å². The molecule has 0 heterocycles. The summed E-state index contributed by atoms with van der Waals surface area (Å²) < 4.78 is 5.29. The topological polar surface area (TPSA) is 26.3 Å². The average molecular weight is 353 g/mol. The van der Waals surface area contributed by atoms with Crippen LogP contribution >= 0.6 is 11.6 Å². The third kappa shape index (κ3) is 11.5. The van der Waals surface area contributed by atoms with Crippen molar-refractivity contribution >= 4 is 17.6 Å². The first-order chi connectivity index (χ1) is 11.7. The van der Waals surface area contributed by atoms with E-state index in [2.05, 4.69) is 6.92 Å². The highest BCUT2D eigenvalue weighted by Crippen LogP contribution is 2.12. The maximum Gasteiger partial charge on any atom is 0.310 e. The summed E-state index contributed by atoms with van der Waals surface area (Å²) in [5.41, 5.74) is 0.948. The van der Waals surface area contributed by atoms with Crippen LogP contribution < -0.4 is 0 Å². The largest absolute Gasteiger partial charge is 0.465 e. The van der Waals surface area contributed by atoms with Gasteiger partial charge in [0.25, 0.3) is 0 Å². The zero-order valence-electron chi connectivity index (χ0n) is 15.2. The van der Waals surface area contributed by atoms with E-state index in [1.165, 1.54) is 57.8 Å². The Morgan fingerprint density at radius 3 is 1.88 bits per heavy atom. The Balaban J connectivity index is 1.87. The lowest BCUT2D eigenvalue weighted by Crippen LogP contribution is -2.09. The number of carbonyl (C=O) groups excluding carboxylic acids is 1. The first-order valence-corrected chi connectivity index (χ1v) is 10.00. The van der Waals surface area contributed by atoms with E-state index in [1.807, 2.05) is 12.1 Å². The minimum Gasteiger partial charge on any atom is -0.465 e. The van der Waals surface area contributed by atoms with Crippen LogP contribution in [-0.2, 0) is 16.0 Å². The number of unbranched alkanes of at least 4 members (excludes halogenated alkanes) is 10. The van der Waals surface area contributed by atoms with Crippen LogP contribution in [-0.4, -0.2) is 12.6 Å². The second-order valence-electron chi connectivity index (χ2n) is 6.56. The molecule has 0 N–H and O–H groups in total. The van der Waals surface area contributed by atoms with E-state index in [4.69, 9.17) is 16.3 Å². The standard InChI is InChI=1S/C21H33ClO2/c1-2-3-4-5-6-7-8-9-10-11-12-17-24-21(23)18-19-13-15-20(22)16-14-19/h13-16H,2-12,17-18H2,1H3. The van der Waals surface area contributed by atoms with Gasteiger partial charge in [0.15, 0.2) is 0 Å². The fourth-order valence-electron chi connectivity index (χ4n) is 2.77. The zero-order valence-corrected chi connectivity index (χ0v) is 16.0. The summed E-state index contributed by atoms with van der Waals surface area (Å²) in [6, 6.07) is 7.33. The molecule has 1 aromatic rings. The fraction of sp³-hybridized carbons (Fsp3) is 0.667. The monoisotopic (exact) mass is 352 g/mol. The smallest absolute Gasteiger partial charge is 0.310 e. The van der Waals surface area contributed by atoms with Gasteiger partial charge in [-0.25, -0.2) is 0 Å². The highest BCUT2D eigenvalue weighted by molar-refractivity contribution is 6.30. The number of hydrogen-bond acceptors (Lipinski definition) is 2. The molecule has 0 aliphatic rings. The zero-order chi connectivity index (χ0) is 17.5. The van der Waals surface area contributed by atoms with Gasteiger partial charge in [-0.2, -0.15) is 0 Å². The molecule has 0 aliphatic carbocycles. The van der Waals surface area contributed by atoms with Crippen LogP contribution in [0, 0.1) is 0 Å². The van der Waals surface area contributed by atoms with E-state index in [9.17, 15) is 4.79 Å². The maximum absolute atomic E-state index is 11.7. The van der Waals surface area contributed by atoms with Crippen molar-refractivity contribution in [3.8, 4) is 0 Å². The van der Waals surface area contributed by atoms with E-state index in [0.717, 1.165) is 18.4 Å². The predicted molar refractivity (Wildman–Crippen MR) is 103 cm³/mol. The molecular weight excluding hydrogens is 320 g/mol. The van der Waals surface area contributed by atoms with Gasteiger partial charge in [0.1, 0.15) is 0 Å². The second-order valence-corrected chi connectivity index (χ2v) is 7.00. The van der Waals surface area contributed by atoms with Crippen LogP contribution in [0.15, 0.2) is 24.3 Å². The van der Waals surface area contributed by atoms with Gasteiger partial charge in [-0.05, 0) is 24.1 Å². The molecule has 0 atom stereocenters. The van der Waals surface area contributed by atoms with Gasteiger partial charge in [-0.15, -0.1) is 0 Å². The molecule has 0 saturated carbocycles. The van der Waals surface area contributed by atoms with Gasteiger partial charge in [-0.3, -0.25) is 4.79 Å². The van der Waals surface area contributed by atoms with Crippen LogP contribution in [0.5, 0.6) is 0 Å². The highest BCUT2D eigenvalue weighted by Gasteiger charge is 2.04. The Labute approximate surface area is 152 Å². The third-order valence-corrected chi connectivity index (χ3v) is 4.52. The number of ether oxygens (including phenoxy) is 1. The Kier molecular flexibility index (Phi) is 12.6. The van der Waals surface area contributed by atoms with Crippen molar-refractivity contribution < 1.29 is 9.53 Å². The van der Waals surface area contributed by atoms with E-state index in [-0.39, 0.29) is 5.97 Å². The molecule has 3 heteroatoms. The minimum atomic E-state index is -0.149. The molecule has 1 rings (SSSR count). The second kappa shape index (κ2) is 14.3. The summed E-state index contributed by atoms with van der Waals surface area (Å²) in [5, 5.41) is 0.688. The van der Waals surface area contributed by atoms with Crippen LogP contribution in [0.25, 0.3) is 0 Å². The third-order valence-electron chi connectivity index (χ3n) is 4.27. The number of benzene rings is 1. The SMILES string of the molecule is CCCCCCCCCCCCCOC(=O)Cc1ccc(Cl)cc1. The summed E-state index contributed by atoms with van der Waals surface area (Å²) in [4.78, 5) is 11.7. The number of hydrogen-bond donors (Lipinski definition) is 0. The first kappa shape index (κ1) is 21.0. The van der Waals surface area contributed by atoms with Crippen molar-refractivity contribution in [1.29, 1.82) is 0 Å². The van der Waals surface area contributed by atoms with Crippen LogP contribution in [0.2, 0.25) is 5.02 Å². The summed E-state index contributed by atoms with van der Waals surface area (Å²) in [5.74, 6) is -0.149. The Morgan fingerprint density at radius 1 is 0.833 bits per heavy atom. The Bertz CT molecular complexity index is 428. The van der Waals surface area contributed by atoms with Crippen molar-refractivity contribution in [3.63, 3.8) is 0 Å². The molecule has 0 unspecified atom stereocenters. The Hall–Kier alpha value is -1.02. The van der Waals surface area contributed by atoms with E-state index in [1.54, 1.807) is 12.1 Å². The Morgan fingerprint density at radius 2 is 1.33 bits per heavy atom. The van der Waals surface area contributed by atoms with Gasteiger partial charge >= 0.3 is 5.97 Å². The van der Waals surface area contributed by atoms with E-state index >= 15 is 0 Å².